The number of ether oxygens (including phenoxy) is 2. The van der Waals surface area contributed by atoms with Gasteiger partial charge in [-0.15, -0.1) is 0 Å². The molecular formula is C20H23N3O3. The number of nitrogens with one attached hydrogen (secondary N) is 1. The highest BCUT2D eigenvalue weighted by Crippen LogP contribution is 2.30. The predicted octanol–water partition coefficient (Wildman–Crippen LogP) is 2.44. The van der Waals surface area contributed by atoms with Crippen LogP contribution in [0.3, 0.4) is 0 Å². The van der Waals surface area contributed by atoms with Gasteiger partial charge in [0, 0.05) is 37.6 Å². The first-order chi connectivity index (χ1) is 12.7. The van der Waals surface area contributed by atoms with E-state index in [0.717, 1.165) is 12.1 Å². The van der Waals surface area contributed by atoms with Crippen molar-refractivity contribution in [3.05, 3.63) is 66.5 Å². The van der Waals surface area contributed by atoms with Gasteiger partial charge in [-0.05, 0) is 29.8 Å². The number of methoxy groups -OCH3 is 1. The molecule has 1 aromatic carbocycles. The van der Waals surface area contributed by atoms with Crippen molar-refractivity contribution in [2.45, 2.75) is 6.04 Å². The third-order valence-electron chi connectivity index (χ3n) is 4.34. The number of hydrogen-bond acceptors (Lipinski definition) is 5. The second kappa shape index (κ2) is 8.49. The SMILES string of the molecule is C=CCOc1ccc(C(=O)N2CCNCC2c2cccnc2)cc1OC. The van der Waals surface area contributed by atoms with Gasteiger partial charge in [-0.1, -0.05) is 18.7 Å². The van der Waals surface area contributed by atoms with E-state index in [1.807, 2.05) is 23.2 Å². The van der Waals surface area contributed by atoms with Crippen LogP contribution in [-0.4, -0.2) is 49.1 Å². The summed E-state index contributed by atoms with van der Waals surface area (Å²) in [5.41, 5.74) is 1.59. The summed E-state index contributed by atoms with van der Waals surface area (Å²) in [5.74, 6) is 1.09. The normalized spacial score (nSPS) is 16.8. The number of rotatable bonds is 6. The van der Waals surface area contributed by atoms with Crippen LogP contribution in [0.1, 0.15) is 22.0 Å². The minimum Gasteiger partial charge on any atom is -0.493 e. The predicted molar refractivity (Wildman–Crippen MR) is 99.6 cm³/mol. The Hall–Kier alpha value is -2.86. The number of nitrogens with zero attached hydrogens (tertiary/aromatic N) is 2. The molecule has 26 heavy (non-hydrogen) atoms. The van der Waals surface area contributed by atoms with Crippen molar-refractivity contribution >= 4 is 5.91 Å². The van der Waals surface area contributed by atoms with Gasteiger partial charge in [-0.3, -0.25) is 9.78 Å². The summed E-state index contributed by atoms with van der Waals surface area (Å²) < 4.78 is 10.9. The third-order valence-corrected chi connectivity index (χ3v) is 4.34. The maximum atomic E-state index is 13.1. The van der Waals surface area contributed by atoms with Crippen LogP contribution in [-0.2, 0) is 0 Å². The Morgan fingerprint density at radius 1 is 1.42 bits per heavy atom. The van der Waals surface area contributed by atoms with Gasteiger partial charge in [0.25, 0.3) is 5.91 Å². The number of carbonyl (C=O) groups excluding carboxylic acids is 1. The summed E-state index contributed by atoms with van der Waals surface area (Å²) in [4.78, 5) is 19.2. The third kappa shape index (κ3) is 3.86. The topological polar surface area (TPSA) is 63.7 Å². The van der Waals surface area contributed by atoms with Crippen LogP contribution in [0.25, 0.3) is 0 Å². The van der Waals surface area contributed by atoms with Gasteiger partial charge in [-0.25, -0.2) is 0 Å². The first-order valence-electron chi connectivity index (χ1n) is 8.58. The average Bonchev–Trinajstić information content (AvgIpc) is 2.72. The minimum atomic E-state index is -0.0485. The second-order valence-corrected chi connectivity index (χ2v) is 5.97. The Balaban J connectivity index is 1.85. The van der Waals surface area contributed by atoms with Gasteiger partial charge in [0.1, 0.15) is 6.61 Å². The Labute approximate surface area is 153 Å². The quantitative estimate of drug-likeness (QED) is 0.808. The lowest BCUT2D eigenvalue weighted by Crippen LogP contribution is -2.48. The van der Waals surface area contributed by atoms with Crippen molar-refractivity contribution in [2.24, 2.45) is 0 Å². The number of aromatic nitrogens is 1. The summed E-state index contributed by atoms with van der Waals surface area (Å²) >= 11 is 0. The Morgan fingerprint density at radius 3 is 3.04 bits per heavy atom. The molecule has 2 aromatic rings. The van der Waals surface area contributed by atoms with Crippen molar-refractivity contribution in [1.29, 1.82) is 0 Å². The lowest BCUT2D eigenvalue weighted by Gasteiger charge is -2.36. The van der Waals surface area contributed by atoms with Crippen LogP contribution >= 0.6 is 0 Å². The molecule has 1 aliphatic rings. The molecular weight excluding hydrogens is 330 g/mol. The van der Waals surface area contributed by atoms with Crippen LogP contribution < -0.4 is 14.8 Å². The molecule has 136 valence electrons. The number of benzene rings is 1. The molecule has 2 heterocycles. The van der Waals surface area contributed by atoms with Crippen LogP contribution in [0.15, 0.2) is 55.4 Å². The molecule has 1 saturated heterocycles. The molecule has 0 radical (unpaired) electrons. The summed E-state index contributed by atoms with van der Waals surface area (Å²) in [7, 11) is 1.56. The molecule has 1 fully saturated rings. The number of hydrogen-bond donors (Lipinski definition) is 1. The largest absolute Gasteiger partial charge is 0.493 e. The highest BCUT2D eigenvalue weighted by Gasteiger charge is 2.29. The van der Waals surface area contributed by atoms with Gasteiger partial charge in [0.15, 0.2) is 11.5 Å². The molecule has 1 atom stereocenters. The maximum absolute atomic E-state index is 13.1. The van der Waals surface area contributed by atoms with Crippen LogP contribution in [0.5, 0.6) is 11.5 Å². The highest BCUT2D eigenvalue weighted by atomic mass is 16.5. The molecule has 3 rings (SSSR count). The Bertz CT molecular complexity index is 764. The number of amides is 1. The van der Waals surface area contributed by atoms with Gasteiger partial charge >= 0.3 is 0 Å². The fraction of sp³-hybridized carbons (Fsp3) is 0.300. The molecule has 1 unspecified atom stereocenters. The first kappa shape index (κ1) is 17.9. The molecule has 6 heteroatoms. The Kier molecular flexibility index (Phi) is 5.86. The van der Waals surface area contributed by atoms with E-state index < -0.39 is 0 Å². The summed E-state index contributed by atoms with van der Waals surface area (Å²) in [6, 6.07) is 9.10. The van der Waals surface area contributed by atoms with Crippen LogP contribution in [0.4, 0.5) is 0 Å². The molecule has 0 bridgehead atoms. The minimum absolute atomic E-state index is 0.0334. The van der Waals surface area contributed by atoms with Crippen molar-refractivity contribution in [3.63, 3.8) is 0 Å². The molecule has 1 N–H and O–H groups in total. The van der Waals surface area contributed by atoms with E-state index in [1.54, 1.807) is 37.6 Å². The molecule has 6 nitrogen and oxygen atoms in total. The van der Waals surface area contributed by atoms with Gasteiger partial charge in [0.05, 0.1) is 13.2 Å². The van der Waals surface area contributed by atoms with E-state index in [2.05, 4.69) is 16.9 Å². The fourth-order valence-electron chi connectivity index (χ4n) is 3.05. The van der Waals surface area contributed by atoms with Gasteiger partial charge in [0.2, 0.25) is 0 Å². The highest BCUT2D eigenvalue weighted by molar-refractivity contribution is 5.95. The van der Waals surface area contributed by atoms with Crippen LogP contribution in [0.2, 0.25) is 0 Å². The van der Waals surface area contributed by atoms with E-state index in [4.69, 9.17) is 9.47 Å². The lowest BCUT2D eigenvalue weighted by atomic mass is 10.0. The number of carbonyl (C=O) groups is 1. The molecule has 1 aromatic heterocycles. The van der Waals surface area contributed by atoms with Gasteiger partial charge < -0.3 is 19.7 Å². The maximum Gasteiger partial charge on any atom is 0.254 e. The molecule has 0 aliphatic carbocycles. The zero-order valence-corrected chi connectivity index (χ0v) is 14.9. The lowest BCUT2D eigenvalue weighted by molar-refractivity contribution is 0.0633. The summed E-state index contributed by atoms with van der Waals surface area (Å²) in [6.07, 6.45) is 5.21. The van der Waals surface area contributed by atoms with E-state index in [1.165, 1.54) is 0 Å². The molecule has 1 aliphatic heterocycles. The smallest absolute Gasteiger partial charge is 0.254 e. The zero-order chi connectivity index (χ0) is 18.4. The van der Waals surface area contributed by atoms with Crippen molar-refractivity contribution < 1.29 is 14.3 Å². The fourth-order valence-corrected chi connectivity index (χ4v) is 3.05. The van der Waals surface area contributed by atoms with Crippen LogP contribution in [0, 0.1) is 0 Å². The standard InChI is InChI=1S/C20H23N3O3/c1-3-11-26-18-7-6-15(12-19(18)25-2)20(24)23-10-9-22-14-17(23)16-5-4-8-21-13-16/h3-8,12-13,17,22H,1,9-11,14H2,2H3. The van der Waals surface area contributed by atoms with E-state index in [9.17, 15) is 4.79 Å². The average molecular weight is 353 g/mol. The van der Waals surface area contributed by atoms with Crippen molar-refractivity contribution in [2.75, 3.05) is 33.4 Å². The summed E-state index contributed by atoms with van der Waals surface area (Å²) in [5, 5.41) is 3.35. The molecule has 1 amide bonds. The first-order valence-corrected chi connectivity index (χ1v) is 8.58. The van der Waals surface area contributed by atoms with E-state index >= 15 is 0 Å². The second-order valence-electron chi connectivity index (χ2n) is 5.97. The molecule has 0 spiro atoms. The van der Waals surface area contributed by atoms with E-state index in [-0.39, 0.29) is 11.9 Å². The number of piperazine rings is 1. The Morgan fingerprint density at radius 2 is 2.31 bits per heavy atom. The molecule has 0 saturated carbocycles. The monoisotopic (exact) mass is 353 g/mol. The van der Waals surface area contributed by atoms with Crippen molar-refractivity contribution in [1.82, 2.24) is 15.2 Å². The summed E-state index contributed by atoms with van der Waals surface area (Å²) in [6.45, 7) is 6.12. The van der Waals surface area contributed by atoms with Crippen molar-refractivity contribution in [3.8, 4) is 11.5 Å². The van der Waals surface area contributed by atoms with E-state index in [0.29, 0.717) is 36.8 Å². The zero-order valence-electron chi connectivity index (χ0n) is 14.9. The van der Waals surface area contributed by atoms with Gasteiger partial charge in [-0.2, -0.15) is 0 Å². The number of pyridine rings is 1.